The zero-order valence-electron chi connectivity index (χ0n) is 19.3. The molecule has 3 unspecified atom stereocenters. The highest BCUT2D eigenvalue weighted by Crippen LogP contribution is 2.31. The van der Waals surface area contributed by atoms with Gasteiger partial charge in [-0.25, -0.2) is 9.82 Å². The van der Waals surface area contributed by atoms with E-state index in [1.165, 1.54) is 17.7 Å². The summed E-state index contributed by atoms with van der Waals surface area (Å²) in [6.07, 6.45) is 4.47. The average Bonchev–Trinajstić information content (AvgIpc) is 3.24. The van der Waals surface area contributed by atoms with E-state index in [2.05, 4.69) is 48.9 Å². The van der Waals surface area contributed by atoms with Crippen LogP contribution >= 0.6 is 0 Å². The van der Waals surface area contributed by atoms with Crippen molar-refractivity contribution in [1.82, 2.24) is 20.7 Å². The lowest BCUT2D eigenvalue weighted by atomic mass is 9.97. The minimum Gasteiger partial charge on any atom is -0.350 e. The van der Waals surface area contributed by atoms with Crippen LogP contribution in [0.3, 0.4) is 0 Å². The molecule has 33 heavy (non-hydrogen) atoms. The third kappa shape index (κ3) is 5.25. The Morgan fingerprint density at radius 2 is 1.73 bits per heavy atom. The van der Waals surface area contributed by atoms with Crippen LogP contribution in [-0.2, 0) is 9.59 Å². The molecule has 3 atom stereocenters. The molecule has 2 amide bonds. The minimum absolute atomic E-state index is 0.00863. The SMILES string of the molecule is CC(C)c1ccc(C2CC3C(=O)N(CCC(=O)NC(C)c4ccc(F)cc4)C=CN3N2)cc1. The van der Waals surface area contributed by atoms with E-state index in [4.69, 9.17) is 0 Å². The largest absolute Gasteiger partial charge is 0.350 e. The molecule has 0 bridgehead atoms. The van der Waals surface area contributed by atoms with Crippen molar-refractivity contribution in [1.29, 1.82) is 0 Å². The average molecular weight is 451 g/mol. The molecule has 2 aliphatic rings. The number of benzene rings is 2. The Bertz CT molecular complexity index is 1020. The molecule has 7 heteroatoms. The van der Waals surface area contributed by atoms with Crippen LogP contribution in [-0.4, -0.2) is 34.3 Å². The van der Waals surface area contributed by atoms with Gasteiger partial charge >= 0.3 is 0 Å². The van der Waals surface area contributed by atoms with Crippen molar-refractivity contribution < 1.29 is 14.0 Å². The Balaban J connectivity index is 1.30. The molecule has 2 aliphatic heterocycles. The monoisotopic (exact) mass is 450 g/mol. The number of carbonyl (C=O) groups is 2. The summed E-state index contributed by atoms with van der Waals surface area (Å²) in [4.78, 5) is 27.1. The summed E-state index contributed by atoms with van der Waals surface area (Å²) in [5.41, 5.74) is 6.70. The van der Waals surface area contributed by atoms with Crippen LogP contribution in [0.4, 0.5) is 4.39 Å². The highest BCUT2D eigenvalue weighted by Gasteiger charge is 2.39. The number of carbonyl (C=O) groups excluding carboxylic acids is 2. The maximum atomic E-state index is 13.1. The quantitative estimate of drug-likeness (QED) is 0.665. The molecule has 0 aliphatic carbocycles. The number of nitrogens with one attached hydrogen (secondary N) is 2. The van der Waals surface area contributed by atoms with Crippen molar-refractivity contribution in [3.63, 3.8) is 0 Å². The van der Waals surface area contributed by atoms with E-state index in [1.54, 1.807) is 23.2 Å². The molecular weight excluding hydrogens is 419 g/mol. The summed E-state index contributed by atoms with van der Waals surface area (Å²) in [7, 11) is 0. The van der Waals surface area contributed by atoms with Crippen LogP contribution in [0.5, 0.6) is 0 Å². The molecule has 0 radical (unpaired) electrons. The van der Waals surface area contributed by atoms with Crippen LogP contribution in [0, 0.1) is 5.82 Å². The Hall–Kier alpha value is -3.19. The highest BCUT2D eigenvalue weighted by molar-refractivity contribution is 5.85. The summed E-state index contributed by atoms with van der Waals surface area (Å²) in [5.74, 6) is 0.0163. The maximum Gasteiger partial charge on any atom is 0.250 e. The van der Waals surface area contributed by atoms with Crippen molar-refractivity contribution in [3.8, 4) is 0 Å². The lowest BCUT2D eigenvalue weighted by molar-refractivity contribution is -0.134. The topological polar surface area (TPSA) is 64.7 Å². The van der Waals surface area contributed by atoms with Crippen LogP contribution in [0.1, 0.15) is 68.3 Å². The van der Waals surface area contributed by atoms with Gasteiger partial charge < -0.3 is 15.2 Å². The van der Waals surface area contributed by atoms with E-state index in [-0.39, 0.29) is 42.2 Å². The second-order valence-corrected chi connectivity index (χ2v) is 9.08. The van der Waals surface area contributed by atoms with E-state index in [0.717, 1.165) is 11.1 Å². The third-order valence-corrected chi connectivity index (χ3v) is 6.41. The number of hydrazine groups is 1. The zero-order chi connectivity index (χ0) is 23.5. The van der Waals surface area contributed by atoms with Crippen LogP contribution < -0.4 is 10.7 Å². The molecule has 174 valence electrons. The van der Waals surface area contributed by atoms with Gasteiger partial charge in [-0.2, -0.15) is 0 Å². The first kappa shape index (κ1) is 23.0. The number of rotatable bonds is 7. The van der Waals surface area contributed by atoms with Crippen LogP contribution in [0.2, 0.25) is 0 Å². The van der Waals surface area contributed by atoms with E-state index in [9.17, 15) is 14.0 Å². The fraction of sp³-hybridized carbons (Fsp3) is 0.385. The standard InChI is InChI=1S/C26H31FN4O2/c1-17(2)19-4-6-21(7-5-19)23-16-24-26(33)30(14-15-31(24)29-23)13-12-25(32)28-18(3)20-8-10-22(27)11-9-20/h4-11,14-15,17-18,23-24,29H,12-13,16H2,1-3H3,(H,28,32). The first-order chi connectivity index (χ1) is 15.8. The van der Waals surface area contributed by atoms with Gasteiger partial charge in [0.15, 0.2) is 0 Å². The van der Waals surface area contributed by atoms with Crippen molar-refractivity contribution in [2.75, 3.05) is 6.54 Å². The molecule has 2 heterocycles. The maximum absolute atomic E-state index is 13.1. The molecule has 2 N–H and O–H groups in total. The molecule has 0 aromatic heterocycles. The van der Waals surface area contributed by atoms with Gasteiger partial charge in [0.25, 0.3) is 5.91 Å². The molecule has 1 saturated heterocycles. The smallest absolute Gasteiger partial charge is 0.250 e. The Morgan fingerprint density at radius 3 is 2.39 bits per heavy atom. The van der Waals surface area contributed by atoms with E-state index in [0.29, 0.717) is 18.9 Å². The van der Waals surface area contributed by atoms with E-state index in [1.807, 2.05) is 18.1 Å². The van der Waals surface area contributed by atoms with Crippen molar-refractivity contribution >= 4 is 11.8 Å². The summed E-state index contributed by atoms with van der Waals surface area (Å²) < 4.78 is 13.1. The Morgan fingerprint density at radius 1 is 1.06 bits per heavy atom. The lowest BCUT2D eigenvalue weighted by Crippen LogP contribution is -2.48. The number of nitrogens with zero attached hydrogens (tertiary/aromatic N) is 2. The second-order valence-electron chi connectivity index (χ2n) is 9.08. The molecule has 2 aromatic rings. The van der Waals surface area contributed by atoms with Gasteiger partial charge in [0, 0.05) is 25.4 Å². The molecule has 1 fully saturated rings. The number of amides is 2. The molecule has 6 nitrogen and oxygen atoms in total. The third-order valence-electron chi connectivity index (χ3n) is 6.41. The Labute approximate surface area is 194 Å². The highest BCUT2D eigenvalue weighted by atomic mass is 19.1. The van der Waals surface area contributed by atoms with Gasteiger partial charge in [-0.3, -0.25) is 9.59 Å². The van der Waals surface area contributed by atoms with E-state index >= 15 is 0 Å². The minimum atomic E-state index is -0.307. The molecule has 0 spiro atoms. The van der Waals surface area contributed by atoms with Crippen LogP contribution in [0.25, 0.3) is 0 Å². The van der Waals surface area contributed by atoms with Crippen LogP contribution in [0.15, 0.2) is 60.9 Å². The molecule has 0 saturated carbocycles. The fourth-order valence-corrected chi connectivity index (χ4v) is 4.32. The Kier molecular flexibility index (Phi) is 6.79. The van der Waals surface area contributed by atoms with Crippen molar-refractivity contribution in [2.24, 2.45) is 0 Å². The summed E-state index contributed by atoms with van der Waals surface area (Å²) >= 11 is 0. The summed E-state index contributed by atoms with van der Waals surface area (Å²) in [5, 5.41) is 4.78. The summed E-state index contributed by atoms with van der Waals surface area (Å²) in [6.45, 7) is 6.51. The fourth-order valence-electron chi connectivity index (χ4n) is 4.32. The number of fused-ring (bicyclic) bond motifs is 1. The second kappa shape index (κ2) is 9.75. The first-order valence-corrected chi connectivity index (χ1v) is 11.5. The van der Waals surface area contributed by atoms with Gasteiger partial charge in [-0.05, 0) is 48.1 Å². The number of hydrogen-bond acceptors (Lipinski definition) is 4. The summed E-state index contributed by atoms with van der Waals surface area (Å²) in [6, 6.07) is 14.2. The van der Waals surface area contributed by atoms with E-state index < -0.39 is 0 Å². The van der Waals surface area contributed by atoms with Gasteiger partial charge in [0.1, 0.15) is 11.9 Å². The molecule has 4 rings (SSSR count). The molecule has 2 aromatic carbocycles. The predicted molar refractivity (Wildman–Crippen MR) is 125 cm³/mol. The first-order valence-electron chi connectivity index (χ1n) is 11.5. The van der Waals surface area contributed by atoms with Gasteiger partial charge in [0.05, 0.1) is 12.1 Å². The van der Waals surface area contributed by atoms with Gasteiger partial charge in [-0.15, -0.1) is 0 Å². The van der Waals surface area contributed by atoms with Crippen molar-refractivity contribution in [2.45, 2.75) is 57.7 Å². The van der Waals surface area contributed by atoms with Gasteiger partial charge in [0.2, 0.25) is 5.91 Å². The number of hydrogen-bond donors (Lipinski definition) is 2. The molecular formula is C26H31FN4O2. The zero-order valence-corrected chi connectivity index (χ0v) is 19.3. The number of halogens is 1. The normalized spacial score (nSPS) is 20.8. The predicted octanol–water partition coefficient (Wildman–Crippen LogP) is 4.15. The lowest BCUT2D eigenvalue weighted by Gasteiger charge is -2.31. The van der Waals surface area contributed by atoms with Crippen molar-refractivity contribution in [3.05, 3.63) is 83.4 Å². The van der Waals surface area contributed by atoms with Gasteiger partial charge in [-0.1, -0.05) is 50.2 Å².